The Bertz CT molecular complexity index is 395. The van der Waals surface area contributed by atoms with E-state index in [1.165, 1.54) is 6.07 Å². The Morgan fingerprint density at radius 1 is 1.11 bits per heavy atom. The third-order valence-electron chi connectivity index (χ3n) is 3.33. The number of nitrogens with two attached hydrogens (primary N) is 1. The van der Waals surface area contributed by atoms with Crippen LogP contribution in [-0.4, -0.2) is 12.1 Å². The zero-order valence-corrected chi connectivity index (χ0v) is 10.0. The van der Waals surface area contributed by atoms with Gasteiger partial charge in [-0.3, -0.25) is 0 Å². The van der Waals surface area contributed by atoms with E-state index in [2.05, 4.69) is 5.32 Å². The van der Waals surface area contributed by atoms with Crippen molar-refractivity contribution in [3.63, 3.8) is 0 Å². The van der Waals surface area contributed by atoms with Gasteiger partial charge in [-0.25, -0.2) is 0 Å². The van der Waals surface area contributed by atoms with E-state index >= 15 is 0 Å². The molecule has 1 aliphatic rings. The van der Waals surface area contributed by atoms with E-state index in [-0.39, 0.29) is 12.1 Å². The van der Waals surface area contributed by atoms with E-state index in [4.69, 9.17) is 5.73 Å². The average Bonchev–Trinajstić information content (AvgIpc) is 2.31. The highest BCUT2D eigenvalue weighted by Crippen LogP contribution is 2.31. The van der Waals surface area contributed by atoms with Crippen molar-refractivity contribution in [2.45, 2.75) is 43.9 Å². The minimum Gasteiger partial charge on any atom is -0.382 e. The number of halogens is 3. The van der Waals surface area contributed by atoms with Crippen LogP contribution in [0.25, 0.3) is 0 Å². The Morgan fingerprint density at radius 2 is 1.78 bits per heavy atom. The molecular formula is C13H17F3N2. The van der Waals surface area contributed by atoms with Crippen molar-refractivity contribution in [2.24, 2.45) is 5.73 Å². The van der Waals surface area contributed by atoms with Gasteiger partial charge >= 0.3 is 6.18 Å². The Hall–Kier alpha value is -1.23. The second-order valence-corrected chi connectivity index (χ2v) is 4.83. The first-order valence-electron chi connectivity index (χ1n) is 6.14. The fourth-order valence-corrected chi connectivity index (χ4v) is 2.28. The smallest absolute Gasteiger partial charge is 0.382 e. The Labute approximate surface area is 104 Å². The van der Waals surface area contributed by atoms with E-state index in [0.29, 0.717) is 5.69 Å². The number of hydrogen-bond donors (Lipinski definition) is 2. The number of rotatable bonds is 2. The SMILES string of the molecule is NC1CCC(Nc2cccc(C(F)(F)F)c2)CC1. The lowest BCUT2D eigenvalue weighted by molar-refractivity contribution is -0.137. The van der Waals surface area contributed by atoms with Gasteiger partial charge < -0.3 is 11.1 Å². The number of benzene rings is 1. The molecule has 0 unspecified atom stereocenters. The lowest BCUT2D eigenvalue weighted by atomic mass is 9.91. The van der Waals surface area contributed by atoms with E-state index < -0.39 is 11.7 Å². The topological polar surface area (TPSA) is 38.0 Å². The van der Waals surface area contributed by atoms with Gasteiger partial charge in [-0.05, 0) is 43.9 Å². The van der Waals surface area contributed by atoms with Crippen molar-refractivity contribution >= 4 is 5.69 Å². The van der Waals surface area contributed by atoms with Crippen LogP contribution in [0.5, 0.6) is 0 Å². The van der Waals surface area contributed by atoms with Crippen LogP contribution < -0.4 is 11.1 Å². The van der Waals surface area contributed by atoms with Gasteiger partial charge in [0, 0.05) is 17.8 Å². The van der Waals surface area contributed by atoms with Crippen LogP contribution in [-0.2, 0) is 6.18 Å². The summed E-state index contributed by atoms with van der Waals surface area (Å²) >= 11 is 0. The van der Waals surface area contributed by atoms with Gasteiger partial charge in [0.05, 0.1) is 5.56 Å². The summed E-state index contributed by atoms with van der Waals surface area (Å²) < 4.78 is 37.7. The molecule has 0 amide bonds. The van der Waals surface area contributed by atoms with E-state index in [9.17, 15) is 13.2 Å². The standard InChI is InChI=1S/C13H17F3N2/c14-13(15,16)9-2-1-3-12(8-9)18-11-6-4-10(17)5-7-11/h1-3,8,10-11,18H,4-7,17H2. The summed E-state index contributed by atoms with van der Waals surface area (Å²) in [5.74, 6) is 0. The summed E-state index contributed by atoms with van der Waals surface area (Å²) in [6.07, 6.45) is -0.602. The summed E-state index contributed by atoms with van der Waals surface area (Å²) in [6, 6.07) is 5.82. The molecule has 0 heterocycles. The number of nitrogens with one attached hydrogen (secondary N) is 1. The molecule has 0 saturated heterocycles. The molecule has 5 heteroatoms. The third-order valence-corrected chi connectivity index (χ3v) is 3.33. The molecule has 1 aliphatic carbocycles. The van der Waals surface area contributed by atoms with E-state index in [0.717, 1.165) is 37.8 Å². The van der Waals surface area contributed by atoms with E-state index in [1.807, 2.05) is 0 Å². The summed E-state index contributed by atoms with van der Waals surface area (Å²) in [4.78, 5) is 0. The highest BCUT2D eigenvalue weighted by molar-refractivity contribution is 5.47. The van der Waals surface area contributed by atoms with Crippen LogP contribution in [0.3, 0.4) is 0 Å². The van der Waals surface area contributed by atoms with Crippen molar-refractivity contribution in [2.75, 3.05) is 5.32 Å². The normalized spacial score (nSPS) is 24.9. The zero-order valence-electron chi connectivity index (χ0n) is 10.0. The molecule has 3 N–H and O–H groups in total. The second-order valence-electron chi connectivity index (χ2n) is 4.83. The fraction of sp³-hybridized carbons (Fsp3) is 0.538. The van der Waals surface area contributed by atoms with Crippen molar-refractivity contribution in [3.05, 3.63) is 29.8 Å². The predicted octanol–water partition coefficient (Wildman–Crippen LogP) is 3.39. The first kappa shape index (κ1) is 13.2. The first-order valence-corrected chi connectivity index (χ1v) is 6.14. The minimum absolute atomic E-state index is 0.230. The van der Waals surface area contributed by atoms with Gasteiger partial charge in [0.1, 0.15) is 0 Å². The predicted molar refractivity (Wildman–Crippen MR) is 65.3 cm³/mol. The van der Waals surface area contributed by atoms with Gasteiger partial charge in [0.2, 0.25) is 0 Å². The van der Waals surface area contributed by atoms with Crippen LogP contribution in [0.1, 0.15) is 31.2 Å². The van der Waals surface area contributed by atoms with Gasteiger partial charge in [0.25, 0.3) is 0 Å². The molecule has 1 aromatic carbocycles. The molecule has 100 valence electrons. The molecule has 0 radical (unpaired) electrons. The maximum Gasteiger partial charge on any atom is 0.416 e. The number of alkyl halides is 3. The summed E-state index contributed by atoms with van der Waals surface area (Å²) in [6.45, 7) is 0. The van der Waals surface area contributed by atoms with Crippen molar-refractivity contribution in [3.8, 4) is 0 Å². The number of hydrogen-bond acceptors (Lipinski definition) is 2. The van der Waals surface area contributed by atoms with Crippen molar-refractivity contribution < 1.29 is 13.2 Å². The Balaban J connectivity index is 2.01. The van der Waals surface area contributed by atoms with Gasteiger partial charge in [0.15, 0.2) is 0 Å². The molecule has 0 bridgehead atoms. The highest BCUT2D eigenvalue weighted by atomic mass is 19.4. The van der Waals surface area contributed by atoms with E-state index in [1.54, 1.807) is 6.07 Å². The Morgan fingerprint density at radius 3 is 2.39 bits per heavy atom. The molecule has 0 spiro atoms. The molecule has 1 aromatic rings. The lowest BCUT2D eigenvalue weighted by Gasteiger charge is -2.27. The molecule has 1 fully saturated rings. The van der Waals surface area contributed by atoms with Gasteiger partial charge in [-0.2, -0.15) is 13.2 Å². The molecule has 0 aliphatic heterocycles. The fourth-order valence-electron chi connectivity index (χ4n) is 2.28. The number of anilines is 1. The molecular weight excluding hydrogens is 241 g/mol. The molecule has 1 saturated carbocycles. The second kappa shape index (κ2) is 5.18. The Kier molecular flexibility index (Phi) is 3.80. The average molecular weight is 258 g/mol. The third kappa shape index (κ3) is 3.38. The quantitative estimate of drug-likeness (QED) is 0.853. The molecule has 18 heavy (non-hydrogen) atoms. The molecule has 2 rings (SSSR count). The molecule has 0 atom stereocenters. The maximum atomic E-state index is 12.6. The van der Waals surface area contributed by atoms with Crippen molar-refractivity contribution in [1.29, 1.82) is 0 Å². The lowest BCUT2D eigenvalue weighted by Crippen LogP contribution is -2.32. The summed E-state index contributed by atoms with van der Waals surface area (Å²) in [7, 11) is 0. The highest BCUT2D eigenvalue weighted by Gasteiger charge is 2.30. The molecule has 2 nitrogen and oxygen atoms in total. The van der Waals surface area contributed by atoms with Crippen molar-refractivity contribution in [1.82, 2.24) is 0 Å². The maximum absolute atomic E-state index is 12.6. The zero-order chi connectivity index (χ0) is 13.2. The van der Waals surface area contributed by atoms with Gasteiger partial charge in [-0.15, -0.1) is 0 Å². The van der Waals surface area contributed by atoms with Gasteiger partial charge in [-0.1, -0.05) is 6.07 Å². The van der Waals surface area contributed by atoms with Crippen LogP contribution in [0, 0.1) is 0 Å². The summed E-state index contributed by atoms with van der Waals surface area (Å²) in [5, 5.41) is 3.16. The monoisotopic (exact) mass is 258 g/mol. The van der Waals surface area contributed by atoms with Crippen LogP contribution >= 0.6 is 0 Å². The largest absolute Gasteiger partial charge is 0.416 e. The summed E-state index contributed by atoms with van der Waals surface area (Å²) in [5.41, 5.74) is 5.72. The minimum atomic E-state index is -4.29. The van der Waals surface area contributed by atoms with Crippen LogP contribution in [0.2, 0.25) is 0 Å². The van der Waals surface area contributed by atoms with Crippen LogP contribution in [0.4, 0.5) is 18.9 Å². The molecule has 0 aromatic heterocycles. The first-order chi connectivity index (χ1) is 8.45. The van der Waals surface area contributed by atoms with Crippen LogP contribution in [0.15, 0.2) is 24.3 Å².